The van der Waals surface area contributed by atoms with E-state index >= 15 is 0 Å². The van der Waals surface area contributed by atoms with Crippen LogP contribution in [0, 0.1) is 10.8 Å². The molecule has 0 spiro atoms. The molecule has 0 bridgehead atoms. The second kappa shape index (κ2) is 6.53. The number of para-hydroxylation sites is 1. The maximum atomic E-state index is 11.3. The lowest BCUT2D eigenvalue weighted by Crippen LogP contribution is -2.15. The van der Waals surface area contributed by atoms with E-state index in [4.69, 9.17) is 4.74 Å². The minimum absolute atomic E-state index is 0.243. The molecule has 1 saturated carbocycles. The molecule has 0 heterocycles. The minimum atomic E-state index is -0.243. The van der Waals surface area contributed by atoms with E-state index in [2.05, 4.69) is 5.18 Å². The number of nitroso groups, excluding NO2 is 1. The van der Waals surface area contributed by atoms with Crippen LogP contribution in [0.4, 0.5) is 0 Å². The quantitative estimate of drug-likeness (QED) is 0.720. The zero-order valence-corrected chi connectivity index (χ0v) is 11.0. The highest BCUT2D eigenvalue weighted by Gasteiger charge is 2.28. The molecule has 0 aliphatic heterocycles. The third-order valence-electron chi connectivity index (χ3n) is 3.75. The Morgan fingerprint density at radius 1 is 1.28 bits per heavy atom. The summed E-state index contributed by atoms with van der Waals surface area (Å²) in [5.41, 5.74) is 0.959. The van der Waals surface area contributed by atoms with E-state index < -0.39 is 0 Å². The molecule has 1 aromatic rings. The number of hydrogen-bond donors (Lipinski definition) is 0. The Morgan fingerprint density at radius 2 is 2.00 bits per heavy atom. The standard InChI is InChI=1S/C15H21NO2/c1-2-18-14-11-7-6-10-13(14)15(16-17)12-8-4-3-5-9-12/h6-7,10-12,15H,2-5,8-9H2,1H3. The lowest BCUT2D eigenvalue weighted by atomic mass is 9.81. The van der Waals surface area contributed by atoms with Gasteiger partial charge in [-0.1, -0.05) is 42.6 Å². The van der Waals surface area contributed by atoms with Crippen molar-refractivity contribution in [2.24, 2.45) is 11.1 Å². The van der Waals surface area contributed by atoms with E-state index in [1.807, 2.05) is 31.2 Å². The average molecular weight is 247 g/mol. The Bertz CT molecular complexity index is 386. The normalized spacial score (nSPS) is 18.3. The summed E-state index contributed by atoms with van der Waals surface area (Å²) in [5, 5.41) is 3.39. The molecule has 2 rings (SSSR count). The van der Waals surface area contributed by atoms with Crippen molar-refractivity contribution < 1.29 is 4.74 Å². The van der Waals surface area contributed by atoms with Crippen molar-refractivity contribution >= 4 is 0 Å². The number of hydrogen-bond acceptors (Lipinski definition) is 3. The van der Waals surface area contributed by atoms with Gasteiger partial charge in [-0.15, -0.1) is 0 Å². The van der Waals surface area contributed by atoms with Crippen LogP contribution in [0.5, 0.6) is 5.75 Å². The highest BCUT2D eigenvalue weighted by Crippen LogP contribution is 2.40. The van der Waals surface area contributed by atoms with Crippen molar-refractivity contribution in [2.45, 2.75) is 45.1 Å². The summed E-state index contributed by atoms with van der Waals surface area (Å²) >= 11 is 0. The summed E-state index contributed by atoms with van der Waals surface area (Å²) in [6.07, 6.45) is 5.93. The van der Waals surface area contributed by atoms with Crippen molar-refractivity contribution in [1.29, 1.82) is 0 Å². The van der Waals surface area contributed by atoms with Gasteiger partial charge in [-0.3, -0.25) is 0 Å². The lowest BCUT2D eigenvalue weighted by molar-refractivity contribution is 0.292. The molecule has 0 radical (unpaired) electrons. The lowest BCUT2D eigenvalue weighted by Gasteiger charge is -2.26. The van der Waals surface area contributed by atoms with Gasteiger partial charge in [0.2, 0.25) is 0 Å². The topological polar surface area (TPSA) is 38.7 Å². The highest BCUT2D eigenvalue weighted by molar-refractivity contribution is 5.36. The van der Waals surface area contributed by atoms with E-state index in [0.717, 1.165) is 24.2 Å². The molecular weight excluding hydrogens is 226 g/mol. The van der Waals surface area contributed by atoms with Crippen LogP contribution in [0.3, 0.4) is 0 Å². The van der Waals surface area contributed by atoms with E-state index in [-0.39, 0.29) is 6.04 Å². The fraction of sp³-hybridized carbons (Fsp3) is 0.600. The number of nitrogens with zero attached hydrogens (tertiary/aromatic N) is 1. The molecular formula is C15H21NO2. The summed E-state index contributed by atoms with van der Waals surface area (Å²) in [5.74, 6) is 1.20. The van der Waals surface area contributed by atoms with E-state index in [0.29, 0.717) is 12.5 Å². The van der Waals surface area contributed by atoms with Crippen molar-refractivity contribution in [3.63, 3.8) is 0 Å². The van der Waals surface area contributed by atoms with E-state index in [1.54, 1.807) is 0 Å². The van der Waals surface area contributed by atoms with Crippen LogP contribution in [-0.4, -0.2) is 6.61 Å². The van der Waals surface area contributed by atoms with Crippen LogP contribution in [0.1, 0.15) is 50.6 Å². The molecule has 98 valence electrons. The third-order valence-corrected chi connectivity index (χ3v) is 3.75. The predicted octanol–water partition coefficient (Wildman–Crippen LogP) is 4.47. The Balaban J connectivity index is 2.22. The Morgan fingerprint density at radius 3 is 2.67 bits per heavy atom. The highest BCUT2D eigenvalue weighted by atomic mass is 16.5. The van der Waals surface area contributed by atoms with Crippen LogP contribution in [0.2, 0.25) is 0 Å². The van der Waals surface area contributed by atoms with Crippen molar-refractivity contribution in [2.75, 3.05) is 6.61 Å². The van der Waals surface area contributed by atoms with Gasteiger partial charge >= 0.3 is 0 Å². The monoisotopic (exact) mass is 247 g/mol. The molecule has 3 heteroatoms. The molecule has 0 aromatic heterocycles. The zero-order valence-electron chi connectivity index (χ0n) is 11.0. The summed E-state index contributed by atoms with van der Waals surface area (Å²) < 4.78 is 5.61. The van der Waals surface area contributed by atoms with Gasteiger partial charge < -0.3 is 4.74 Å². The number of benzene rings is 1. The smallest absolute Gasteiger partial charge is 0.124 e. The van der Waals surface area contributed by atoms with Gasteiger partial charge in [0.25, 0.3) is 0 Å². The van der Waals surface area contributed by atoms with E-state index in [1.165, 1.54) is 19.3 Å². The van der Waals surface area contributed by atoms with Gasteiger partial charge in [0, 0.05) is 5.56 Å². The van der Waals surface area contributed by atoms with Gasteiger partial charge in [0.05, 0.1) is 6.61 Å². The molecule has 0 amide bonds. The molecule has 1 atom stereocenters. The third kappa shape index (κ3) is 2.89. The van der Waals surface area contributed by atoms with Gasteiger partial charge in [-0.05, 0) is 31.7 Å². The van der Waals surface area contributed by atoms with Gasteiger partial charge in [-0.25, -0.2) is 0 Å². The SMILES string of the molecule is CCOc1ccccc1C(N=O)C1CCCCC1. The van der Waals surface area contributed by atoms with Crippen molar-refractivity contribution in [1.82, 2.24) is 0 Å². The summed E-state index contributed by atoms with van der Waals surface area (Å²) in [6.45, 7) is 2.58. The molecule has 0 saturated heterocycles. The fourth-order valence-electron chi connectivity index (χ4n) is 2.86. The molecule has 3 nitrogen and oxygen atoms in total. The molecule has 1 aliphatic carbocycles. The van der Waals surface area contributed by atoms with Gasteiger partial charge in [0.1, 0.15) is 11.8 Å². The fourth-order valence-corrected chi connectivity index (χ4v) is 2.86. The summed E-state index contributed by atoms with van der Waals surface area (Å²) in [6, 6.07) is 7.56. The van der Waals surface area contributed by atoms with Gasteiger partial charge in [0.15, 0.2) is 0 Å². The zero-order chi connectivity index (χ0) is 12.8. The first-order valence-corrected chi connectivity index (χ1v) is 6.91. The number of rotatable bonds is 5. The van der Waals surface area contributed by atoms with Crippen LogP contribution in [-0.2, 0) is 0 Å². The summed E-state index contributed by atoms with van der Waals surface area (Å²) in [7, 11) is 0. The molecule has 0 N–H and O–H groups in total. The first-order valence-electron chi connectivity index (χ1n) is 6.91. The van der Waals surface area contributed by atoms with Crippen LogP contribution >= 0.6 is 0 Å². The van der Waals surface area contributed by atoms with Crippen LogP contribution < -0.4 is 4.74 Å². The summed E-state index contributed by atoms with van der Waals surface area (Å²) in [4.78, 5) is 11.3. The van der Waals surface area contributed by atoms with Crippen LogP contribution in [0.25, 0.3) is 0 Å². The molecule has 1 aliphatic rings. The van der Waals surface area contributed by atoms with Gasteiger partial charge in [-0.2, -0.15) is 4.91 Å². The second-order valence-electron chi connectivity index (χ2n) is 4.92. The predicted molar refractivity (Wildman–Crippen MR) is 72.7 cm³/mol. The van der Waals surface area contributed by atoms with Crippen LogP contribution in [0.15, 0.2) is 29.4 Å². The first kappa shape index (κ1) is 13.1. The largest absolute Gasteiger partial charge is 0.494 e. The minimum Gasteiger partial charge on any atom is -0.494 e. The Hall–Kier alpha value is -1.38. The average Bonchev–Trinajstić information content (AvgIpc) is 2.43. The maximum Gasteiger partial charge on any atom is 0.124 e. The maximum absolute atomic E-state index is 11.3. The van der Waals surface area contributed by atoms with Crippen molar-refractivity contribution in [3.8, 4) is 5.75 Å². The molecule has 1 fully saturated rings. The molecule has 1 unspecified atom stereocenters. The Labute approximate surface area is 109 Å². The first-order chi connectivity index (χ1) is 8.86. The Kier molecular flexibility index (Phi) is 4.73. The molecule has 18 heavy (non-hydrogen) atoms. The second-order valence-corrected chi connectivity index (χ2v) is 4.92. The van der Waals surface area contributed by atoms with E-state index in [9.17, 15) is 4.91 Å². The van der Waals surface area contributed by atoms with Crippen molar-refractivity contribution in [3.05, 3.63) is 34.7 Å². The molecule has 1 aromatic carbocycles. The number of ether oxygens (including phenoxy) is 1.